The van der Waals surface area contributed by atoms with Gasteiger partial charge in [0.15, 0.2) is 5.79 Å². The van der Waals surface area contributed by atoms with Crippen molar-refractivity contribution in [1.82, 2.24) is 0 Å². The summed E-state index contributed by atoms with van der Waals surface area (Å²) in [6.07, 6.45) is 3.27. The highest BCUT2D eigenvalue weighted by atomic mass is 16.7. The lowest BCUT2D eigenvalue weighted by atomic mass is 9.80. The Hall–Kier alpha value is -1.10. The Morgan fingerprint density at radius 1 is 1.17 bits per heavy atom. The van der Waals surface area contributed by atoms with Crippen LogP contribution in [0.15, 0.2) is 18.2 Å². The summed E-state index contributed by atoms with van der Waals surface area (Å²) in [4.78, 5) is 0. The standard InChI is InChI=1S/C19H28O4/c1-13(2)23-17-12-16(5-4-14(17)3)18(20)15-6-8-19(9-7-15)21-10-11-22-19/h4-5,12-13,15,18,20H,6-11H2,1-3H3. The number of aliphatic hydroxyl groups excluding tert-OH is 1. The Balaban J connectivity index is 1.67. The molecular weight excluding hydrogens is 292 g/mol. The van der Waals surface area contributed by atoms with Gasteiger partial charge in [0.25, 0.3) is 0 Å². The highest BCUT2D eigenvalue weighted by Gasteiger charge is 2.41. The van der Waals surface area contributed by atoms with Crippen molar-refractivity contribution in [2.75, 3.05) is 13.2 Å². The molecule has 0 amide bonds. The van der Waals surface area contributed by atoms with Gasteiger partial charge in [-0.25, -0.2) is 0 Å². The van der Waals surface area contributed by atoms with E-state index in [0.29, 0.717) is 13.2 Å². The molecule has 1 aromatic carbocycles. The van der Waals surface area contributed by atoms with Crippen LogP contribution in [0.5, 0.6) is 5.75 Å². The summed E-state index contributed by atoms with van der Waals surface area (Å²) in [5.41, 5.74) is 2.05. The van der Waals surface area contributed by atoms with Crippen LogP contribution in [-0.4, -0.2) is 30.2 Å². The van der Waals surface area contributed by atoms with Crippen LogP contribution in [0.1, 0.15) is 56.8 Å². The number of benzene rings is 1. The second-order valence-electron chi connectivity index (χ2n) is 7.08. The van der Waals surface area contributed by atoms with Gasteiger partial charge >= 0.3 is 0 Å². The van der Waals surface area contributed by atoms with E-state index in [9.17, 15) is 5.11 Å². The fraction of sp³-hybridized carbons (Fsp3) is 0.684. The molecule has 23 heavy (non-hydrogen) atoms. The number of rotatable bonds is 4. The topological polar surface area (TPSA) is 47.9 Å². The molecule has 0 radical (unpaired) electrons. The SMILES string of the molecule is Cc1ccc(C(O)C2CCC3(CC2)OCCO3)cc1OC(C)C. The Bertz CT molecular complexity index is 524. The van der Waals surface area contributed by atoms with Crippen LogP contribution in [0.3, 0.4) is 0 Å². The maximum atomic E-state index is 10.8. The minimum Gasteiger partial charge on any atom is -0.491 e. The first kappa shape index (κ1) is 16.7. The minimum absolute atomic E-state index is 0.132. The maximum Gasteiger partial charge on any atom is 0.168 e. The molecule has 1 heterocycles. The van der Waals surface area contributed by atoms with Crippen LogP contribution in [-0.2, 0) is 9.47 Å². The maximum absolute atomic E-state index is 10.8. The third kappa shape index (κ3) is 3.70. The molecule has 1 aliphatic heterocycles. The second-order valence-corrected chi connectivity index (χ2v) is 7.08. The van der Waals surface area contributed by atoms with E-state index < -0.39 is 6.10 Å². The fourth-order valence-electron chi connectivity index (χ4n) is 3.64. The van der Waals surface area contributed by atoms with E-state index in [2.05, 4.69) is 0 Å². The molecule has 128 valence electrons. The Kier molecular flexibility index (Phi) is 4.95. The first-order chi connectivity index (χ1) is 11.0. The highest BCUT2D eigenvalue weighted by Crippen LogP contribution is 2.43. The molecule has 3 rings (SSSR count). The number of aliphatic hydroxyl groups is 1. The minimum atomic E-state index is -0.455. The van der Waals surface area contributed by atoms with Crippen LogP contribution in [0.2, 0.25) is 0 Å². The van der Waals surface area contributed by atoms with E-state index in [1.807, 2.05) is 39.0 Å². The molecule has 1 atom stereocenters. The molecule has 1 aliphatic carbocycles. The van der Waals surface area contributed by atoms with Crippen LogP contribution >= 0.6 is 0 Å². The number of ether oxygens (including phenoxy) is 3. The summed E-state index contributed by atoms with van der Waals surface area (Å²) in [5, 5.41) is 10.8. The Morgan fingerprint density at radius 3 is 2.43 bits per heavy atom. The Morgan fingerprint density at radius 2 is 1.83 bits per heavy atom. The largest absolute Gasteiger partial charge is 0.491 e. The van der Waals surface area contributed by atoms with Gasteiger partial charge in [-0.1, -0.05) is 12.1 Å². The lowest BCUT2D eigenvalue weighted by molar-refractivity contribution is -0.187. The first-order valence-corrected chi connectivity index (χ1v) is 8.72. The van der Waals surface area contributed by atoms with Crippen LogP contribution < -0.4 is 4.74 Å². The zero-order valence-corrected chi connectivity index (χ0v) is 14.4. The van der Waals surface area contributed by atoms with E-state index >= 15 is 0 Å². The highest BCUT2D eigenvalue weighted by molar-refractivity contribution is 5.37. The van der Waals surface area contributed by atoms with Gasteiger partial charge in [-0.15, -0.1) is 0 Å². The first-order valence-electron chi connectivity index (χ1n) is 8.72. The van der Waals surface area contributed by atoms with Crippen molar-refractivity contribution in [3.05, 3.63) is 29.3 Å². The summed E-state index contributed by atoms with van der Waals surface area (Å²) in [7, 11) is 0. The van der Waals surface area contributed by atoms with Gasteiger partial charge in [-0.05, 0) is 56.7 Å². The molecule has 4 heteroatoms. The lowest BCUT2D eigenvalue weighted by Gasteiger charge is -2.37. The molecule has 1 N–H and O–H groups in total. The van der Waals surface area contributed by atoms with Crippen LogP contribution in [0, 0.1) is 12.8 Å². The van der Waals surface area contributed by atoms with E-state index in [-0.39, 0.29) is 17.8 Å². The van der Waals surface area contributed by atoms with Crippen LogP contribution in [0.4, 0.5) is 0 Å². The molecular formula is C19H28O4. The molecule has 0 bridgehead atoms. The van der Waals surface area contributed by atoms with Gasteiger partial charge in [0.05, 0.1) is 25.4 Å². The molecule has 4 nitrogen and oxygen atoms in total. The predicted octanol–water partition coefficient (Wildman–Crippen LogP) is 3.75. The van der Waals surface area contributed by atoms with Gasteiger partial charge in [0, 0.05) is 12.8 Å². The van der Waals surface area contributed by atoms with Gasteiger partial charge in [-0.3, -0.25) is 0 Å². The van der Waals surface area contributed by atoms with Crippen molar-refractivity contribution in [3.8, 4) is 5.75 Å². The number of hydrogen-bond donors (Lipinski definition) is 1. The molecule has 0 aromatic heterocycles. The number of hydrogen-bond acceptors (Lipinski definition) is 4. The molecule has 1 saturated heterocycles. The van der Waals surface area contributed by atoms with Gasteiger partial charge in [-0.2, -0.15) is 0 Å². The summed E-state index contributed by atoms with van der Waals surface area (Å²) < 4.78 is 17.4. The second kappa shape index (κ2) is 6.80. The fourth-order valence-corrected chi connectivity index (χ4v) is 3.64. The van der Waals surface area contributed by atoms with Crippen molar-refractivity contribution in [1.29, 1.82) is 0 Å². The molecule has 1 spiro atoms. The Labute approximate surface area is 138 Å². The summed E-state index contributed by atoms with van der Waals surface area (Å²) >= 11 is 0. The van der Waals surface area contributed by atoms with Gasteiger partial charge in [0.2, 0.25) is 0 Å². The van der Waals surface area contributed by atoms with Crippen molar-refractivity contribution in [2.45, 2.75) is 64.4 Å². The van der Waals surface area contributed by atoms with Crippen molar-refractivity contribution in [2.24, 2.45) is 5.92 Å². The summed E-state index contributed by atoms with van der Waals surface area (Å²) in [6, 6.07) is 6.04. The van der Waals surface area contributed by atoms with Gasteiger partial charge in [0.1, 0.15) is 5.75 Å². The van der Waals surface area contributed by atoms with Crippen LogP contribution in [0.25, 0.3) is 0 Å². The molecule has 1 unspecified atom stereocenters. The number of aryl methyl sites for hydroxylation is 1. The van der Waals surface area contributed by atoms with Crippen molar-refractivity contribution < 1.29 is 19.3 Å². The third-order valence-electron chi connectivity index (χ3n) is 4.97. The van der Waals surface area contributed by atoms with E-state index in [0.717, 1.165) is 42.6 Å². The monoisotopic (exact) mass is 320 g/mol. The molecule has 1 saturated carbocycles. The zero-order chi connectivity index (χ0) is 16.4. The predicted molar refractivity (Wildman–Crippen MR) is 88.5 cm³/mol. The molecule has 2 aliphatic rings. The van der Waals surface area contributed by atoms with E-state index in [1.54, 1.807) is 0 Å². The van der Waals surface area contributed by atoms with Gasteiger partial charge < -0.3 is 19.3 Å². The summed E-state index contributed by atoms with van der Waals surface area (Å²) in [6.45, 7) is 7.46. The smallest absolute Gasteiger partial charge is 0.168 e. The van der Waals surface area contributed by atoms with Crippen molar-refractivity contribution >= 4 is 0 Å². The quantitative estimate of drug-likeness (QED) is 0.918. The van der Waals surface area contributed by atoms with Crippen molar-refractivity contribution in [3.63, 3.8) is 0 Å². The average molecular weight is 320 g/mol. The summed E-state index contributed by atoms with van der Waals surface area (Å²) in [5.74, 6) is 0.754. The zero-order valence-electron chi connectivity index (χ0n) is 14.4. The lowest BCUT2D eigenvalue weighted by Crippen LogP contribution is -2.36. The van der Waals surface area contributed by atoms with E-state index in [4.69, 9.17) is 14.2 Å². The molecule has 2 fully saturated rings. The third-order valence-corrected chi connectivity index (χ3v) is 4.97. The van der Waals surface area contributed by atoms with E-state index in [1.165, 1.54) is 0 Å². The average Bonchev–Trinajstić information content (AvgIpc) is 2.97. The normalized spacial score (nSPS) is 22.7. The molecule has 1 aromatic rings.